The monoisotopic (exact) mass is 456 g/mol. The number of sulfonamides is 1. The largest absolute Gasteiger partial charge is 0.494 e. The summed E-state index contributed by atoms with van der Waals surface area (Å²) in [6, 6.07) is 14.0. The number of benzene rings is 2. The van der Waals surface area contributed by atoms with Gasteiger partial charge in [0.15, 0.2) is 0 Å². The number of para-hydroxylation sites is 1. The molecule has 0 bridgehead atoms. The van der Waals surface area contributed by atoms with Crippen LogP contribution < -0.4 is 4.74 Å². The van der Waals surface area contributed by atoms with Crippen molar-refractivity contribution in [1.82, 2.24) is 9.21 Å². The molecule has 1 amide bonds. The van der Waals surface area contributed by atoms with Gasteiger partial charge in [-0.1, -0.05) is 47.5 Å². The van der Waals surface area contributed by atoms with Gasteiger partial charge in [-0.2, -0.15) is 4.31 Å². The molecule has 1 aliphatic rings. The fraction of sp³-hybridized carbons (Fsp3) is 0.350. The van der Waals surface area contributed by atoms with Crippen LogP contribution in [0.25, 0.3) is 0 Å². The Balaban J connectivity index is 1.48. The Labute approximate surface area is 181 Å². The second kappa shape index (κ2) is 9.80. The maximum Gasteiger partial charge on any atom is 0.244 e. The highest BCUT2D eigenvalue weighted by Crippen LogP contribution is 2.31. The van der Waals surface area contributed by atoms with E-state index in [0.717, 1.165) is 5.75 Å². The van der Waals surface area contributed by atoms with Crippen LogP contribution in [0.1, 0.15) is 12.8 Å². The molecule has 2 aromatic rings. The number of piperazine rings is 1. The van der Waals surface area contributed by atoms with Crippen molar-refractivity contribution in [2.45, 2.75) is 17.7 Å². The van der Waals surface area contributed by atoms with Crippen LogP contribution in [0, 0.1) is 0 Å². The lowest BCUT2D eigenvalue weighted by molar-refractivity contribution is -0.132. The number of hydrogen-bond acceptors (Lipinski definition) is 4. The maximum atomic E-state index is 12.8. The Morgan fingerprint density at radius 2 is 1.66 bits per heavy atom. The molecular weight excluding hydrogens is 435 g/mol. The second-order valence-electron chi connectivity index (χ2n) is 6.60. The lowest BCUT2D eigenvalue weighted by Gasteiger charge is -2.34. The molecule has 1 aliphatic heterocycles. The number of nitrogens with zero attached hydrogens (tertiary/aromatic N) is 2. The quantitative estimate of drug-likeness (QED) is 0.595. The van der Waals surface area contributed by atoms with Crippen LogP contribution >= 0.6 is 23.2 Å². The Hall–Kier alpha value is -1.80. The van der Waals surface area contributed by atoms with Crippen molar-refractivity contribution in [2.24, 2.45) is 0 Å². The molecule has 29 heavy (non-hydrogen) atoms. The minimum atomic E-state index is -3.76. The molecule has 0 saturated carbocycles. The van der Waals surface area contributed by atoms with Crippen LogP contribution in [0.15, 0.2) is 53.4 Å². The summed E-state index contributed by atoms with van der Waals surface area (Å²) < 4.78 is 32.6. The van der Waals surface area contributed by atoms with Crippen LogP contribution in [0.4, 0.5) is 0 Å². The molecular formula is C20H22Cl2N2O4S. The van der Waals surface area contributed by atoms with Crippen molar-refractivity contribution >= 4 is 39.1 Å². The van der Waals surface area contributed by atoms with Crippen molar-refractivity contribution in [3.63, 3.8) is 0 Å². The SMILES string of the molecule is O=C(CCCOc1ccccc1)N1CCN(S(=O)(=O)c2cccc(Cl)c2Cl)CC1. The topological polar surface area (TPSA) is 66.9 Å². The number of hydrogen-bond donors (Lipinski definition) is 0. The van der Waals surface area contributed by atoms with E-state index in [2.05, 4.69) is 0 Å². The van der Waals surface area contributed by atoms with E-state index < -0.39 is 10.0 Å². The Morgan fingerprint density at radius 3 is 2.34 bits per heavy atom. The first-order chi connectivity index (χ1) is 13.9. The third-order valence-electron chi connectivity index (χ3n) is 4.67. The summed E-state index contributed by atoms with van der Waals surface area (Å²) in [7, 11) is -3.76. The van der Waals surface area contributed by atoms with Gasteiger partial charge in [-0.05, 0) is 30.7 Å². The molecule has 0 aliphatic carbocycles. The predicted molar refractivity (Wildman–Crippen MR) is 113 cm³/mol. The van der Waals surface area contributed by atoms with Gasteiger partial charge >= 0.3 is 0 Å². The zero-order valence-electron chi connectivity index (χ0n) is 15.8. The average molecular weight is 457 g/mol. The molecule has 6 nitrogen and oxygen atoms in total. The van der Waals surface area contributed by atoms with Crippen LogP contribution in [0.2, 0.25) is 10.0 Å². The first-order valence-electron chi connectivity index (χ1n) is 9.29. The van der Waals surface area contributed by atoms with Crippen molar-refractivity contribution in [3.8, 4) is 5.75 Å². The lowest BCUT2D eigenvalue weighted by atomic mass is 10.2. The van der Waals surface area contributed by atoms with Crippen LogP contribution in [0.3, 0.4) is 0 Å². The fourth-order valence-electron chi connectivity index (χ4n) is 3.09. The summed E-state index contributed by atoms with van der Waals surface area (Å²) in [6.07, 6.45) is 0.962. The predicted octanol–water partition coefficient (Wildman–Crippen LogP) is 3.69. The second-order valence-corrected chi connectivity index (χ2v) is 9.29. The number of carbonyl (C=O) groups is 1. The number of ether oxygens (including phenoxy) is 1. The van der Waals surface area contributed by atoms with Crippen LogP contribution in [0.5, 0.6) is 5.75 Å². The lowest BCUT2D eigenvalue weighted by Crippen LogP contribution is -2.50. The van der Waals surface area contributed by atoms with E-state index in [1.807, 2.05) is 30.3 Å². The molecule has 2 aromatic carbocycles. The van der Waals surface area contributed by atoms with E-state index in [-0.39, 0.29) is 33.9 Å². The Morgan fingerprint density at radius 1 is 0.966 bits per heavy atom. The van der Waals surface area contributed by atoms with Crippen molar-refractivity contribution in [1.29, 1.82) is 0 Å². The molecule has 9 heteroatoms. The molecule has 0 radical (unpaired) electrons. The van der Waals surface area contributed by atoms with Gasteiger partial charge in [0.05, 0.1) is 16.7 Å². The first kappa shape index (κ1) is 21.9. The normalized spacial score (nSPS) is 15.3. The average Bonchev–Trinajstić information content (AvgIpc) is 2.73. The summed E-state index contributed by atoms with van der Waals surface area (Å²) in [5.41, 5.74) is 0. The molecule has 156 valence electrons. The molecule has 1 fully saturated rings. The molecule has 1 saturated heterocycles. The minimum absolute atomic E-state index is 0.000465. The van der Waals surface area contributed by atoms with Gasteiger partial charge in [0.2, 0.25) is 15.9 Å². The van der Waals surface area contributed by atoms with Crippen molar-refractivity contribution in [3.05, 3.63) is 58.6 Å². The third kappa shape index (κ3) is 5.42. The smallest absolute Gasteiger partial charge is 0.244 e. The molecule has 1 heterocycles. The zero-order valence-corrected chi connectivity index (χ0v) is 18.1. The highest BCUT2D eigenvalue weighted by atomic mass is 35.5. The summed E-state index contributed by atoms with van der Waals surface area (Å²) in [5.74, 6) is 0.776. The molecule has 3 rings (SSSR count). The summed E-state index contributed by atoms with van der Waals surface area (Å²) in [6.45, 7) is 1.58. The van der Waals surface area contributed by atoms with Crippen molar-refractivity contribution in [2.75, 3.05) is 32.8 Å². The number of amides is 1. The molecule has 0 aromatic heterocycles. The maximum absolute atomic E-state index is 12.8. The van der Waals surface area contributed by atoms with Crippen LogP contribution in [-0.4, -0.2) is 56.3 Å². The third-order valence-corrected chi connectivity index (χ3v) is 7.54. The summed E-state index contributed by atoms with van der Waals surface area (Å²) in [4.78, 5) is 14.1. The molecule has 0 atom stereocenters. The standard InChI is InChI=1S/C20H22Cl2N2O4S/c21-17-8-4-9-18(20(17)22)29(26,27)24-13-11-23(12-14-24)19(25)10-5-15-28-16-6-2-1-3-7-16/h1-4,6-9H,5,10-15H2. The summed E-state index contributed by atoms with van der Waals surface area (Å²) >= 11 is 12.0. The van der Waals surface area contributed by atoms with E-state index in [4.69, 9.17) is 27.9 Å². The first-order valence-corrected chi connectivity index (χ1v) is 11.5. The highest BCUT2D eigenvalue weighted by Gasteiger charge is 2.31. The van der Waals surface area contributed by atoms with Crippen molar-refractivity contribution < 1.29 is 17.9 Å². The number of halogens is 2. The van der Waals surface area contributed by atoms with E-state index in [1.54, 1.807) is 17.0 Å². The van der Waals surface area contributed by atoms with E-state index in [9.17, 15) is 13.2 Å². The van der Waals surface area contributed by atoms with Gasteiger partial charge in [-0.15, -0.1) is 0 Å². The summed E-state index contributed by atoms with van der Waals surface area (Å²) in [5, 5.41) is 0.213. The molecule has 0 unspecified atom stereocenters. The zero-order chi connectivity index (χ0) is 20.9. The Kier molecular flexibility index (Phi) is 7.40. The number of rotatable bonds is 7. The van der Waals surface area contributed by atoms with E-state index >= 15 is 0 Å². The van der Waals surface area contributed by atoms with Gasteiger partial charge in [0, 0.05) is 32.6 Å². The molecule has 0 N–H and O–H groups in total. The fourth-order valence-corrected chi connectivity index (χ4v) is 5.25. The van der Waals surface area contributed by atoms with Gasteiger partial charge in [-0.3, -0.25) is 4.79 Å². The number of carbonyl (C=O) groups excluding carboxylic acids is 1. The molecule has 0 spiro atoms. The Bertz CT molecular complexity index is 946. The van der Waals surface area contributed by atoms with Gasteiger partial charge in [0.25, 0.3) is 0 Å². The highest BCUT2D eigenvalue weighted by molar-refractivity contribution is 7.89. The minimum Gasteiger partial charge on any atom is -0.494 e. The van der Waals surface area contributed by atoms with Gasteiger partial charge in [0.1, 0.15) is 10.6 Å². The van der Waals surface area contributed by atoms with Gasteiger partial charge < -0.3 is 9.64 Å². The van der Waals surface area contributed by atoms with E-state index in [1.165, 1.54) is 10.4 Å². The van der Waals surface area contributed by atoms with Crippen LogP contribution in [-0.2, 0) is 14.8 Å². The van der Waals surface area contributed by atoms with E-state index in [0.29, 0.717) is 32.5 Å². The van der Waals surface area contributed by atoms with Gasteiger partial charge in [-0.25, -0.2) is 8.42 Å².